The molecule has 0 amide bonds. The van der Waals surface area contributed by atoms with Gasteiger partial charge in [-0.3, -0.25) is 4.79 Å². The molecule has 112 valence electrons. The van der Waals surface area contributed by atoms with Crippen LogP contribution in [0.5, 0.6) is 5.75 Å². The molecular formula is C16H11N5O2. The molecule has 0 aliphatic carbocycles. The summed E-state index contributed by atoms with van der Waals surface area (Å²) in [5, 5.41) is 14.1. The summed E-state index contributed by atoms with van der Waals surface area (Å²) >= 11 is 0. The van der Waals surface area contributed by atoms with Gasteiger partial charge in [-0.2, -0.15) is 5.10 Å². The lowest BCUT2D eigenvalue weighted by molar-refractivity contribution is 0.475. The summed E-state index contributed by atoms with van der Waals surface area (Å²) in [6.45, 7) is 0. The Hall–Kier alpha value is -3.48. The lowest BCUT2D eigenvalue weighted by Crippen LogP contribution is -2.09. The number of phenolic OH excluding ortho intramolecular Hbond substituents is 1. The molecular weight excluding hydrogens is 294 g/mol. The fraction of sp³-hybridized carbons (Fsp3) is 0. The predicted octanol–water partition coefficient (Wildman–Crippen LogP) is 1.88. The van der Waals surface area contributed by atoms with Crippen LogP contribution >= 0.6 is 0 Å². The number of hydrogen-bond acceptors (Lipinski definition) is 5. The van der Waals surface area contributed by atoms with E-state index in [0.717, 1.165) is 11.1 Å². The third kappa shape index (κ3) is 2.24. The quantitative estimate of drug-likeness (QED) is 0.589. The van der Waals surface area contributed by atoms with Gasteiger partial charge in [-0.05, 0) is 23.8 Å². The van der Waals surface area contributed by atoms with Crippen molar-refractivity contribution >= 4 is 10.9 Å². The summed E-state index contributed by atoms with van der Waals surface area (Å²) < 4.78 is 1.58. The van der Waals surface area contributed by atoms with E-state index in [9.17, 15) is 9.90 Å². The summed E-state index contributed by atoms with van der Waals surface area (Å²) in [7, 11) is 0. The molecule has 0 aliphatic heterocycles. The lowest BCUT2D eigenvalue weighted by Gasteiger charge is -2.03. The Labute approximate surface area is 129 Å². The van der Waals surface area contributed by atoms with Crippen molar-refractivity contribution in [3.8, 4) is 22.7 Å². The Morgan fingerprint density at radius 2 is 1.87 bits per heavy atom. The second kappa shape index (κ2) is 5.06. The minimum absolute atomic E-state index is 0.209. The number of fused-ring (bicyclic) bond motifs is 1. The average molecular weight is 305 g/mol. The molecule has 1 aromatic carbocycles. The Bertz CT molecular complexity index is 1050. The standard InChI is InChI=1S/C16H11N5O2/c22-12-3-1-10(2-4-12)11-7-20-21(8-11)15-14-13(5-6-17-15)16(23)19-9-18-14/h1-9,22H,(H,18,19,23). The van der Waals surface area contributed by atoms with E-state index < -0.39 is 0 Å². The average Bonchev–Trinajstić information content (AvgIpc) is 3.05. The second-order valence-corrected chi connectivity index (χ2v) is 4.98. The van der Waals surface area contributed by atoms with E-state index in [-0.39, 0.29) is 11.3 Å². The monoisotopic (exact) mass is 305 g/mol. The van der Waals surface area contributed by atoms with Crippen molar-refractivity contribution in [1.82, 2.24) is 24.7 Å². The number of aromatic amines is 1. The molecule has 0 saturated heterocycles. The maximum Gasteiger partial charge on any atom is 0.258 e. The van der Waals surface area contributed by atoms with E-state index in [1.54, 1.807) is 53.6 Å². The van der Waals surface area contributed by atoms with Crippen LogP contribution in [0.15, 0.2) is 60.0 Å². The molecule has 0 saturated carbocycles. The lowest BCUT2D eigenvalue weighted by atomic mass is 10.1. The summed E-state index contributed by atoms with van der Waals surface area (Å²) in [4.78, 5) is 22.9. The fourth-order valence-corrected chi connectivity index (χ4v) is 2.40. The van der Waals surface area contributed by atoms with E-state index in [1.165, 1.54) is 6.33 Å². The number of pyridine rings is 1. The molecule has 3 heterocycles. The van der Waals surface area contributed by atoms with E-state index in [1.807, 2.05) is 0 Å². The highest BCUT2D eigenvalue weighted by atomic mass is 16.3. The van der Waals surface area contributed by atoms with E-state index >= 15 is 0 Å². The van der Waals surface area contributed by atoms with E-state index in [4.69, 9.17) is 0 Å². The van der Waals surface area contributed by atoms with Gasteiger partial charge in [-0.1, -0.05) is 12.1 Å². The minimum Gasteiger partial charge on any atom is -0.508 e. The minimum atomic E-state index is -0.218. The zero-order valence-corrected chi connectivity index (χ0v) is 11.8. The fourth-order valence-electron chi connectivity index (χ4n) is 2.40. The van der Waals surface area contributed by atoms with Crippen LogP contribution in [0.2, 0.25) is 0 Å². The summed E-state index contributed by atoms with van der Waals surface area (Å²) in [6, 6.07) is 8.45. The number of nitrogens with one attached hydrogen (secondary N) is 1. The topological polar surface area (TPSA) is 96.7 Å². The molecule has 0 unspecified atom stereocenters. The third-order valence-corrected chi connectivity index (χ3v) is 3.54. The normalized spacial score (nSPS) is 11.0. The predicted molar refractivity (Wildman–Crippen MR) is 84.4 cm³/mol. The van der Waals surface area contributed by atoms with Gasteiger partial charge in [0.25, 0.3) is 5.56 Å². The van der Waals surface area contributed by atoms with Crippen LogP contribution in [0.1, 0.15) is 0 Å². The van der Waals surface area contributed by atoms with Gasteiger partial charge in [0.1, 0.15) is 11.3 Å². The molecule has 2 N–H and O–H groups in total. The number of aromatic nitrogens is 5. The van der Waals surface area contributed by atoms with Crippen molar-refractivity contribution in [3.63, 3.8) is 0 Å². The van der Waals surface area contributed by atoms with Crippen LogP contribution in [0.3, 0.4) is 0 Å². The number of phenols is 1. The first-order valence-corrected chi connectivity index (χ1v) is 6.89. The highest BCUT2D eigenvalue weighted by Crippen LogP contribution is 2.23. The van der Waals surface area contributed by atoms with Crippen LogP contribution in [0, 0.1) is 0 Å². The first-order chi connectivity index (χ1) is 11.2. The Morgan fingerprint density at radius 3 is 2.70 bits per heavy atom. The Morgan fingerprint density at radius 1 is 1.04 bits per heavy atom. The number of H-pyrrole nitrogens is 1. The largest absolute Gasteiger partial charge is 0.508 e. The van der Waals surface area contributed by atoms with Gasteiger partial charge in [0.05, 0.1) is 17.9 Å². The van der Waals surface area contributed by atoms with Crippen LogP contribution < -0.4 is 5.56 Å². The van der Waals surface area contributed by atoms with Gasteiger partial charge in [-0.25, -0.2) is 14.6 Å². The van der Waals surface area contributed by atoms with Crippen LogP contribution in [0.25, 0.3) is 27.8 Å². The van der Waals surface area contributed by atoms with Crippen molar-refractivity contribution in [2.24, 2.45) is 0 Å². The Kier molecular flexibility index (Phi) is 2.90. The van der Waals surface area contributed by atoms with Crippen LogP contribution in [0.4, 0.5) is 0 Å². The molecule has 4 rings (SSSR count). The van der Waals surface area contributed by atoms with Gasteiger partial charge in [0.2, 0.25) is 0 Å². The molecule has 0 aliphatic rings. The number of rotatable bonds is 2. The zero-order valence-electron chi connectivity index (χ0n) is 11.8. The van der Waals surface area contributed by atoms with Crippen molar-refractivity contribution in [1.29, 1.82) is 0 Å². The van der Waals surface area contributed by atoms with Gasteiger partial charge in [0.15, 0.2) is 5.82 Å². The smallest absolute Gasteiger partial charge is 0.258 e. The van der Waals surface area contributed by atoms with E-state index in [2.05, 4.69) is 20.1 Å². The molecule has 3 aromatic heterocycles. The molecule has 0 radical (unpaired) electrons. The zero-order chi connectivity index (χ0) is 15.8. The van der Waals surface area contributed by atoms with Crippen molar-refractivity contribution < 1.29 is 5.11 Å². The number of benzene rings is 1. The summed E-state index contributed by atoms with van der Waals surface area (Å²) in [6.07, 6.45) is 6.40. The number of nitrogens with zero attached hydrogens (tertiary/aromatic N) is 4. The first kappa shape index (κ1) is 13.2. The van der Waals surface area contributed by atoms with Gasteiger partial charge in [0, 0.05) is 18.0 Å². The molecule has 0 spiro atoms. The van der Waals surface area contributed by atoms with Crippen LogP contribution in [-0.4, -0.2) is 29.8 Å². The molecule has 23 heavy (non-hydrogen) atoms. The van der Waals surface area contributed by atoms with Crippen LogP contribution in [-0.2, 0) is 0 Å². The second-order valence-electron chi connectivity index (χ2n) is 4.98. The molecule has 4 aromatic rings. The van der Waals surface area contributed by atoms with Crippen molar-refractivity contribution in [2.45, 2.75) is 0 Å². The van der Waals surface area contributed by atoms with Crippen molar-refractivity contribution in [2.75, 3.05) is 0 Å². The molecule has 0 atom stereocenters. The molecule has 7 heteroatoms. The SMILES string of the molecule is O=c1[nH]cnc2c(-n3cc(-c4ccc(O)cc4)cn3)nccc12. The number of hydrogen-bond donors (Lipinski definition) is 2. The highest BCUT2D eigenvalue weighted by Gasteiger charge is 2.10. The molecule has 7 nitrogen and oxygen atoms in total. The maximum atomic E-state index is 11.8. The van der Waals surface area contributed by atoms with Gasteiger partial charge < -0.3 is 10.1 Å². The number of aromatic hydroxyl groups is 1. The van der Waals surface area contributed by atoms with Gasteiger partial charge in [-0.15, -0.1) is 0 Å². The summed E-state index contributed by atoms with van der Waals surface area (Å²) in [5.74, 6) is 0.693. The first-order valence-electron chi connectivity index (χ1n) is 6.89. The summed E-state index contributed by atoms with van der Waals surface area (Å²) in [5.41, 5.74) is 2.05. The van der Waals surface area contributed by atoms with E-state index in [0.29, 0.717) is 16.7 Å². The maximum absolute atomic E-state index is 11.8. The third-order valence-electron chi connectivity index (χ3n) is 3.54. The highest BCUT2D eigenvalue weighted by molar-refractivity contribution is 5.83. The van der Waals surface area contributed by atoms with Gasteiger partial charge >= 0.3 is 0 Å². The molecule has 0 fully saturated rings. The molecule has 0 bridgehead atoms. The Balaban J connectivity index is 1.85. The van der Waals surface area contributed by atoms with Crippen molar-refractivity contribution in [3.05, 3.63) is 65.6 Å².